The highest BCUT2D eigenvalue weighted by Crippen LogP contribution is 2.16. The molecule has 0 unspecified atom stereocenters. The van der Waals surface area contributed by atoms with E-state index >= 15 is 0 Å². The minimum atomic E-state index is 0.734. The van der Waals surface area contributed by atoms with E-state index in [4.69, 9.17) is 0 Å². The number of hydrogen-bond donors (Lipinski definition) is 0. The third-order valence-corrected chi connectivity index (χ3v) is 2.58. The molecular weight excluding hydrogens is 197 g/mol. The lowest BCUT2D eigenvalue weighted by Crippen LogP contribution is -1.99. The Bertz CT molecular complexity index is 595. The largest absolute Gasteiger partial charge is 0.291 e. The molecule has 2 aromatic heterocycles. The Morgan fingerprint density at radius 2 is 1.94 bits per heavy atom. The molecule has 2 heterocycles. The highest BCUT2D eigenvalue weighted by atomic mass is 15.1. The zero-order valence-corrected chi connectivity index (χ0v) is 8.96. The molecule has 0 atom stereocenters. The van der Waals surface area contributed by atoms with Gasteiger partial charge in [-0.3, -0.25) is 4.40 Å². The molecule has 4 heteroatoms. The molecule has 0 fully saturated rings. The van der Waals surface area contributed by atoms with E-state index in [1.165, 1.54) is 5.46 Å². The molecule has 0 saturated carbocycles. The fraction of sp³-hybridized carbons (Fsp3) is 0. The highest BCUT2D eigenvalue weighted by molar-refractivity contribution is 6.32. The third kappa shape index (κ3) is 1.48. The maximum atomic E-state index is 4.46. The van der Waals surface area contributed by atoms with Crippen molar-refractivity contribution in [3.05, 3.63) is 48.9 Å². The summed E-state index contributed by atoms with van der Waals surface area (Å²) in [4.78, 5) is 8.66. The molecule has 76 valence electrons. The van der Waals surface area contributed by atoms with Gasteiger partial charge >= 0.3 is 0 Å². The summed E-state index contributed by atoms with van der Waals surface area (Å²) in [5, 5.41) is 0. The third-order valence-electron chi connectivity index (χ3n) is 2.58. The first kappa shape index (κ1) is 9.15. The van der Waals surface area contributed by atoms with Crippen molar-refractivity contribution < 1.29 is 0 Å². The molecule has 0 aliphatic rings. The number of nitrogens with zero attached hydrogens (tertiary/aromatic N) is 3. The summed E-state index contributed by atoms with van der Waals surface area (Å²) in [7, 11) is 2.08. The lowest BCUT2D eigenvalue weighted by Gasteiger charge is -1.96. The first-order valence-corrected chi connectivity index (χ1v) is 5.20. The van der Waals surface area contributed by atoms with Crippen molar-refractivity contribution in [3.8, 4) is 11.3 Å². The molecule has 0 bridgehead atoms. The van der Waals surface area contributed by atoms with Gasteiger partial charge in [-0.2, -0.15) is 0 Å². The summed E-state index contributed by atoms with van der Waals surface area (Å²) in [5.41, 5.74) is 3.33. The van der Waals surface area contributed by atoms with Crippen LogP contribution in [-0.4, -0.2) is 22.2 Å². The van der Waals surface area contributed by atoms with Gasteiger partial charge in [0.1, 0.15) is 7.85 Å². The topological polar surface area (TPSA) is 30.2 Å². The van der Waals surface area contributed by atoms with Gasteiger partial charge in [-0.1, -0.05) is 29.7 Å². The Morgan fingerprint density at radius 1 is 1.12 bits per heavy atom. The second-order valence-corrected chi connectivity index (χ2v) is 3.82. The predicted molar refractivity (Wildman–Crippen MR) is 66.6 cm³/mol. The zero-order valence-electron chi connectivity index (χ0n) is 8.96. The maximum Gasteiger partial charge on any atom is 0.234 e. The van der Waals surface area contributed by atoms with Crippen molar-refractivity contribution in [1.29, 1.82) is 0 Å². The minimum Gasteiger partial charge on any atom is -0.291 e. The lowest BCUT2D eigenvalue weighted by atomic mass is 9.95. The van der Waals surface area contributed by atoms with Gasteiger partial charge < -0.3 is 0 Å². The molecule has 0 amide bonds. The summed E-state index contributed by atoms with van der Waals surface area (Å²) in [6, 6.07) is 10.2. The van der Waals surface area contributed by atoms with Crippen LogP contribution in [0.1, 0.15) is 0 Å². The summed E-state index contributed by atoms with van der Waals surface area (Å²) in [5.74, 6) is 0.734. The van der Waals surface area contributed by atoms with E-state index in [1.807, 2.05) is 22.9 Å². The summed E-state index contributed by atoms with van der Waals surface area (Å²) in [6.07, 6.45) is 5.70. The first-order valence-electron chi connectivity index (χ1n) is 5.20. The van der Waals surface area contributed by atoms with Crippen LogP contribution < -0.4 is 5.46 Å². The first-order chi connectivity index (χ1) is 7.83. The molecular formula is C12H10BN3. The Kier molecular flexibility index (Phi) is 1.99. The van der Waals surface area contributed by atoms with Crippen LogP contribution in [0.5, 0.6) is 0 Å². The van der Waals surface area contributed by atoms with Crippen molar-refractivity contribution >= 4 is 19.1 Å². The summed E-state index contributed by atoms with van der Waals surface area (Å²) < 4.78 is 1.93. The number of fused-ring (bicyclic) bond motifs is 1. The number of aromatic nitrogens is 3. The van der Waals surface area contributed by atoms with Crippen LogP contribution in [0.4, 0.5) is 0 Å². The van der Waals surface area contributed by atoms with Crippen LogP contribution in [0.25, 0.3) is 17.0 Å². The molecule has 0 aliphatic carbocycles. The Morgan fingerprint density at radius 3 is 2.69 bits per heavy atom. The SMILES string of the molecule is Bc1ccc(-c2cn3cccnc3n2)cc1. The molecule has 0 N–H and O–H groups in total. The minimum absolute atomic E-state index is 0.734. The van der Waals surface area contributed by atoms with E-state index in [0.717, 1.165) is 17.0 Å². The van der Waals surface area contributed by atoms with E-state index in [1.54, 1.807) is 6.20 Å². The average molecular weight is 207 g/mol. The van der Waals surface area contributed by atoms with Gasteiger partial charge in [-0.25, -0.2) is 9.97 Å². The highest BCUT2D eigenvalue weighted by Gasteiger charge is 2.03. The van der Waals surface area contributed by atoms with E-state index in [0.29, 0.717) is 0 Å². The van der Waals surface area contributed by atoms with Crippen molar-refractivity contribution in [2.24, 2.45) is 0 Å². The number of benzene rings is 1. The molecule has 0 radical (unpaired) electrons. The van der Waals surface area contributed by atoms with Gasteiger partial charge in [0.05, 0.1) is 5.69 Å². The number of hydrogen-bond acceptors (Lipinski definition) is 2. The predicted octanol–water partition coefficient (Wildman–Crippen LogP) is 0.655. The van der Waals surface area contributed by atoms with Crippen LogP contribution in [-0.2, 0) is 0 Å². The van der Waals surface area contributed by atoms with Gasteiger partial charge in [0.2, 0.25) is 5.78 Å². The molecule has 0 spiro atoms. The lowest BCUT2D eigenvalue weighted by molar-refractivity contribution is 1.11. The quantitative estimate of drug-likeness (QED) is 0.548. The van der Waals surface area contributed by atoms with Crippen LogP contribution in [0, 0.1) is 0 Å². The molecule has 3 nitrogen and oxygen atoms in total. The zero-order chi connectivity index (χ0) is 11.0. The van der Waals surface area contributed by atoms with Crippen LogP contribution in [0.3, 0.4) is 0 Å². The number of rotatable bonds is 1. The van der Waals surface area contributed by atoms with E-state index in [9.17, 15) is 0 Å². The van der Waals surface area contributed by atoms with Crippen LogP contribution in [0.15, 0.2) is 48.9 Å². The normalized spacial score (nSPS) is 10.8. The molecule has 16 heavy (non-hydrogen) atoms. The van der Waals surface area contributed by atoms with Gasteiger partial charge in [0.25, 0.3) is 0 Å². The molecule has 0 aliphatic heterocycles. The summed E-state index contributed by atoms with van der Waals surface area (Å²) in [6.45, 7) is 0. The Hall–Kier alpha value is -2.10. The Labute approximate surface area is 94.2 Å². The van der Waals surface area contributed by atoms with Crippen LogP contribution in [0.2, 0.25) is 0 Å². The molecule has 0 saturated heterocycles. The van der Waals surface area contributed by atoms with Gasteiger partial charge in [-0.15, -0.1) is 0 Å². The molecule has 3 rings (SSSR count). The van der Waals surface area contributed by atoms with Crippen LogP contribution >= 0.6 is 0 Å². The summed E-state index contributed by atoms with van der Waals surface area (Å²) >= 11 is 0. The van der Waals surface area contributed by atoms with E-state index in [2.05, 4.69) is 42.1 Å². The van der Waals surface area contributed by atoms with Gasteiger partial charge in [-0.05, 0) is 6.07 Å². The monoisotopic (exact) mass is 207 g/mol. The van der Waals surface area contributed by atoms with Gasteiger partial charge in [0, 0.05) is 24.2 Å². The molecule has 3 aromatic rings. The van der Waals surface area contributed by atoms with E-state index in [-0.39, 0.29) is 0 Å². The van der Waals surface area contributed by atoms with Crippen molar-refractivity contribution in [2.75, 3.05) is 0 Å². The van der Waals surface area contributed by atoms with Gasteiger partial charge in [0.15, 0.2) is 0 Å². The van der Waals surface area contributed by atoms with Crippen molar-refractivity contribution in [1.82, 2.24) is 14.4 Å². The smallest absolute Gasteiger partial charge is 0.234 e. The second kappa shape index (κ2) is 3.49. The van der Waals surface area contributed by atoms with Crippen molar-refractivity contribution in [2.45, 2.75) is 0 Å². The average Bonchev–Trinajstić information content (AvgIpc) is 2.73. The van der Waals surface area contributed by atoms with Crippen molar-refractivity contribution in [3.63, 3.8) is 0 Å². The second-order valence-electron chi connectivity index (χ2n) is 3.82. The number of imidazole rings is 1. The standard InChI is InChI=1S/C12H10BN3/c13-10-4-2-9(3-5-10)11-8-16-7-1-6-14-12(16)15-11/h1-8H,13H2. The Balaban J connectivity index is 2.15. The fourth-order valence-corrected chi connectivity index (χ4v) is 1.69. The fourth-order valence-electron chi connectivity index (χ4n) is 1.69. The van der Waals surface area contributed by atoms with E-state index < -0.39 is 0 Å². The maximum absolute atomic E-state index is 4.46. The molecule has 1 aromatic carbocycles.